The number of ether oxygens (including phenoxy) is 2. The van der Waals surface area contributed by atoms with Crippen LogP contribution >= 0.6 is 0 Å². The number of allylic oxidation sites excluding steroid dienone is 2. The molecule has 1 atom stereocenters. The van der Waals surface area contributed by atoms with Crippen LogP contribution in [0.2, 0.25) is 0 Å². The Balaban J connectivity index is 2.55. The van der Waals surface area contributed by atoms with Gasteiger partial charge >= 0.3 is 5.97 Å². The number of carbonyl (C=O) groups excluding carboxylic acids is 1. The third kappa shape index (κ3) is 2.26. The van der Waals surface area contributed by atoms with Crippen molar-refractivity contribution in [1.29, 1.82) is 5.26 Å². The van der Waals surface area contributed by atoms with Gasteiger partial charge in [0.25, 0.3) is 5.95 Å². The minimum absolute atomic E-state index is 0.0893. The number of furan rings is 1. The van der Waals surface area contributed by atoms with E-state index < -0.39 is 17.8 Å². The summed E-state index contributed by atoms with van der Waals surface area (Å²) in [5, 5.41) is 18.9. The molecule has 1 aliphatic heterocycles. The molecule has 0 fully saturated rings. The van der Waals surface area contributed by atoms with Crippen molar-refractivity contribution < 1.29 is 23.8 Å². The summed E-state index contributed by atoms with van der Waals surface area (Å²) < 4.78 is 15.3. The molecule has 0 radical (unpaired) electrons. The summed E-state index contributed by atoms with van der Waals surface area (Å²) in [6.45, 7) is 3.39. The summed E-state index contributed by atoms with van der Waals surface area (Å²) >= 11 is 0. The molecular formula is C14H13NO5. The van der Waals surface area contributed by atoms with E-state index in [-0.39, 0.29) is 23.5 Å². The van der Waals surface area contributed by atoms with Crippen LogP contribution in [0.25, 0.3) is 0 Å². The standard InChI is InChI=1S/C14H13NO5/c1-3-18-14(17)11-8(2)20-13(16)9(7-15)12(11)10-5-4-6-19-10/h4-6,12,16H,3H2,1-2H3/t12-/m0/s1. The van der Waals surface area contributed by atoms with Gasteiger partial charge in [0, 0.05) is 0 Å². The van der Waals surface area contributed by atoms with E-state index in [4.69, 9.17) is 13.9 Å². The predicted octanol–water partition coefficient (Wildman–Crippen LogP) is 2.52. The van der Waals surface area contributed by atoms with E-state index in [1.807, 2.05) is 6.07 Å². The summed E-state index contributed by atoms with van der Waals surface area (Å²) in [5.74, 6) is -1.42. The lowest BCUT2D eigenvalue weighted by atomic mass is 9.87. The van der Waals surface area contributed by atoms with Crippen LogP contribution in [0.5, 0.6) is 0 Å². The van der Waals surface area contributed by atoms with E-state index in [1.54, 1.807) is 19.1 Å². The Kier molecular flexibility index (Phi) is 3.80. The number of aliphatic hydroxyl groups excluding tert-OH is 1. The molecule has 0 aromatic carbocycles. The Morgan fingerprint density at radius 3 is 2.90 bits per heavy atom. The number of nitrogens with zero attached hydrogens (tertiary/aromatic N) is 1. The number of nitriles is 1. The molecular weight excluding hydrogens is 262 g/mol. The van der Waals surface area contributed by atoms with Crippen molar-refractivity contribution in [2.45, 2.75) is 19.8 Å². The third-order valence-corrected chi connectivity index (χ3v) is 2.88. The van der Waals surface area contributed by atoms with Crippen molar-refractivity contribution in [2.75, 3.05) is 6.61 Å². The minimum Gasteiger partial charge on any atom is -0.480 e. The Morgan fingerprint density at radius 1 is 1.60 bits per heavy atom. The Labute approximate surface area is 115 Å². The van der Waals surface area contributed by atoms with Crippen molar-refractivity contribution in [3.63, 3.8) is 0 Å². The zero-order chi connectivity index (χ0) is 14.7. The molecule has 0 bridgehead atoms. The fraction of sp³-hybridized carbons (Fsp3) is 0.286. The molecule has 104 valence electrons. The first-order chi connectivity index (χ1) is 9.60. The van der Waals surface area contributed by atoms with E-state index in [0.29, 0.717) is 5.76 Å². The average molecular weight is 275 g/mol. The van der Waals surface area contributed by atoms with Crippen LogP contribution in [0.15, 0.2) is 45.7 Å². The molecule has 0 spiro atoms. The quantitative estimate of drug-likeness (QED) is 0.852. The first-order valence-electron chi connectivity index (χ1n) is 6.02. The van der Waals surface area contributed by atoms with Gasteiger partial charge in [0.1, 0.15) is 23.2 Å². The lowest BCUT2D eigenvalue weighted by molar-refractivity contribution is -0.139. The topological polar surface area (TPSA) is 92.7 Å². The lowest BCUT2D eigenvalue weighted by Crippen LogP contribution is -2.23. The monoisotopic (exact) mass is 275 g/mol. The molecule has 1 aromatic heterocycles. The molecule has 6 nitrogen and oxygen atoms in total. The smallest absolute Gasteiger partial charge is 0.338 e. The summed E-state index contributed by atoms with van der Waals surface area (Å²) in [6, 6.07) is 5.09. The fourth-order valence-corrected chi connectivity index (χ4v) is 2.05. The van der Waals surface area contributed by atoms with Gasteiger partial charge in [-0.15, -0.1) is 0 Å². The molecule has 0 saturated carbocycles. The first kappa shape index (κ1) is 13.7. The number of hydrogen-bond acceptors (Lipinski definition) is 6. The SMILES string of the molecule is CCOC(=O)C1=C(C)OC(O)=C(C#N)[C@H]1c1ccco1. The van der Waals surface area contributed by atoms with Gasteiger partial charge in [-0.1, -0.05) is 0 Å². The van der Waals surface area contributed by atoms with Gasteiger partial charge in [-0.2, -0.15) is 5.26 Å². The van der Waals surface area contributed by atoms with Gasteiger partial charge in [0.15, 0.2) is 0 Å². The molecule has 1 aromatic rings. The van der Waals surface area contributed by atoms with Crippen LogP contribution in [0.1, 0.15) is 25.5 Å². The second kappa shape index (κ2) is 5.53. The highest BCUT2D eigenvalue weighted by molar-refractivity contribution is 5.92. The van der Waals surface area contributed by atoms with E-state index in [9.17, 15) is 15.2 Å². The van der Waals surface area contributed by atoms with E-state index in [2.05, 4.69) is 0 Å². The highest BCUT2D eigenvalue weighted by Crippen LogP contribution is 2.40. The van der Waals surface area contributed by atoms with Crippen molar-refractivity contribution in [3.05, 3.63) is 47.0 Å². The van der Waals surface area contributed by atoms with E-state index in [0.717, 1.165) is 0 Å². The molecule has 20 heavy (non-hydrogen) atoms. The normalized spacial score (nSPS) is 18.6. The lowest BCUT2D eigenvalue weighted by Gasteiger charge is -2.24. The summed E-state index contributed by atoms with van der Waals surface area (Å²) in [5.41, 5.74) is 0.0600. The van der Waals surface area contributed by atoms with Crippen LogP contribution in [0.4, 0.5) is 0 Å². The first-order valence-corrected chi connectivity index (χ1v) is 6.02. The van der Waals surface area contributed by atoms with Crippen LogP contribution < -0.4 is 0 Å². The van der Waals surface area contributed by atoms with Crippen molar-refractivity contribution in [1.82, 2.24) is 0 Å². The molecule has 2 rings (SSSR count). The Bertz CT molecular complexity index is 618. The largest absolute Gasteiger partial charge is 0.480 e. The maximum Gasteiger partial charge on any atom is 0.338 e. The molecule has 0 unspecified atom stereocenters. The minimum atomic E-state index is -0.831. The van der Waals surface area contributed by atoms with Crippen LogP contribution in [-0.4, -0.2) is 17.7 Å². The van der Waals surface area contributed by atoms with Crippen LogP contribution in [-0.2, 0) is 14.3 Å². The number of esters is 1. The van der Waals surface area contributed by atoms with Crippen LogP contribution in [0, 0.1) is 11.3 Å². The zero-order valence-corrected chi connectivity index (χ0v) is 11.0. The molecule has 1 aliphatic rings. The van der Waals surface area contributed by atoms with Gasteiger partial charge in [-0.05, 0) is 26.0 Å². The van der Waals surface area contributed by atoms with Gasteiger partial charge in [-0.3, -0.25) is 0 Å². The Morgan fingerprint density at radius 2 is 2.35 bits per heavy atom. The maximum absolute atomic E-state index is 12.1. The van der Waals surface area contributed by atoms with E-state index >= 15 is 0 Å². The molecule has 2 heterocycles. The number of rotatable bonds is 3. The molecule has 1 N–H and O–H groups in total. The number of carbonyl (C=O) groups is 1. The van der Waals surface area contributed by atoms with E-state index in [1.165, 1.54) is 13.2 Å². The number of aliphatic hydroxyl groups is 1. The highest BCUT2D eigenvalue weighted by Gasteiger charge is 2.38. The van der Waals surface area contributed by atoms with Gasteiger partial charge in [-0.25, -0.2) is 4.79 Å². The Hall–Kier alpha value is -2.68. The third-order valence-electron chi connectivity index (χ3n) is 2.88. The van der Waals surface area contributed by atoms with Gasteiger partial charge in [0.2, 0.25) is 0 Å². The number of hydrogen-bond donors (Lipinski definition) is 1. The van der Waals surface area contributed by atoms with Crippen molar-refractivity contribution >= 4 is 5.97 Å². The van der Waals surface area contributed by atoms with Crippen molar-refractivity contribution in [3.8, 4) is 6.07 Å². The highest BCUT2D eigenvalue weighted by atomic mass is 16.6. The average Bonchev–Trinajstić information content (AvgIpc) is 2.91. The molecule has 0 amide bonds. The second-order valence-electron chi connectivity index (χ2n) is 4.07. The molecule has 6 heteroatoms. The van der Waals surface area contributed by atoms with Crippen LogP contribution in [0.3, 0.4) is 0 Å². The summed E-state index contributed by atoms with van der Waals surface area (Å²) in [6.07, 6.45) is 1.43. The van der Waals surface area contributed by atoms with Gasteiger partial charge in [0.05, 0.1) is 24.4 Å². The molecule has 0 aliphatic carbocycles. The predicted molar refractivity (Wildman–Crippen MR) is 67.1 cm³/mol. The van der Waals surface area contributed by atoms with Gasteiger partial charge < -0.3 is 19.0 Å². The maximum atomic E-state index is 12.1. The summed E-state index contributed by atoms with van der Waals surface area (Å²) in [7, 11) is 0. The zero-order valence-electron chi connectivity index (χ0n) is 11.0. The van der Waals surface area contributed by atoms with Crippen molar-refractivity contribution in [2.24, 2.45) is 0 Å². The summed E-state index contributed by atoms with van der Waals surface area (Å²) in [4.78, 5) is 12.1. The second-order valence-corrected chi connectivity index (χ2v) is 4.07. The molecule has 0 saturated heterocycles. The fourth-order valence-electron chi connectivity index (χ4n) is 2.05.